The Morgan fingerprint density at radius 3 is 2.86 bits per heavy atom. The van der Waals surface area contributed by atoms with Crippen LogP contribution in [0, 0.1) is 6.92 Å². The van der Waals surface area contributed by atoms with Crippen molar-refractivity contribution in [1.29, 1.82) is 0 Å². The molecule has 1 aromatic heterocycles. The number of nitrogens with zero attached hydrogens (tertiary/aromatic N) is 2. The summed E-state index contributed by atoms with van der Waals surface area (Å²) in [5.41, 5.74) is 6.93. The van der Waals surface area contributed by atoms with Gasteiger partial charge in [-0.2, -0.15) is 4.98 Å². The summed E-state index contributed by atoms with van der Waals surface area (Å²) in [5, 5.41) is 0.389. The number of hydrogen-bond acceptors (Lipinski definition) is 6. The summed E-state index contributed by atoms with van der Waals surface area (Å²) in [7, 11) is 0. The SMILES string of the molecule is CCOC(=O)c1cnc(Oc2cc(N)ccc2Cl)nc1C. The fraction of sp³-hybridized carbons (Fsp3) is 0.214. The second kappa shape index (κ2) is 6.41. The van der Waals surface area contributed by atoms with Crippen LogP contribution in [0.4, 0.5) is 5.69 Å². The van der Waals surface area contributed by atoms with E-state index < -0.39 is 5.97 Å². The molecule has 21 heavy (non-hydrogen) atoms. The summed E-state index contributed by atoms with van der Waals surface area (Å²) in [6, 6.07) is 4.92. The molecule has 0 aliphatic heterocycles. The molecule has 7 heteroatoms. The average Bonchev–Trinajstić information content (AvgIpc) is 2.43. The number of carbonyl (C=O) groups excluding carboxylic acids is 1. The minimum absolute atomic E-state index is 0.0769. The molecule has 0 fully saturated rings. The Labute approximate surface area is 126 Å². The number of benzene rings is 1. The molecule has 0 bridgehead atoms. The number of anilines is 1. The van der Waals surface area contributed by atoms with Crippen molar-refractivity contribution in [2.75, 3.05) is 12.3 Å². The molecule has 1 heterocycles. The lowest BCUT2D eigenvalue weighted by atomic mass is 10.2. The predicted molar refractivity (Wildman–Crippen MR) is 78.7 cm³/mol. The quantitative estimate of drug-likeness (QED) is 0.690. The highest BCUT2D eigenvalue weighted by molar-refractivity contribution is 6.32. The van der Waals surface area contributed by atoms with Crippen LogP contribution >= 0.6 is 11.6 Å². The number of esters is 1. The zero-order valence-electron chi connectivity index (χ0n) is 11.6. The zero-order valence-corrected chi connectivity index (χ0v) is 12.3. The molecule has 0 aliphatic rings. The van der Waals surface area contributed by atoms with E-state index in [4.69, 9.17) is 26.8 Å². The van der Waals surface area contributed by atoms with Crippen molar-refractivity contribution in [2.45, 2.75) is 13.8 Å². The van der Waals surface area contributed by atoms with Gasteiger partial charge in [-0.3, -0.25) is 0 Å². The molecule has 2 N–H and O–H groups in total. The summed E-state index contributed by atoms with van der Waals surface area (Å²) in [5.74, 6) is -0.122. The number of ether oxygens (including phenoxy) is 2. The molecule has 0 amide bonds. The average molecular weight is 308 g/mol. The molecule has 0 unspecified atom stereocenters. The highest BCUT2D eigenvalue weighted by atomic mass is 35.5. The third-order valence-electron chi connectivity index (χ3n) is 2.61. The van der Waals surface area contributed by atoms with Crippen LogP contribution in [0.15, 0.2) is 24.4 Å². The summed E-state index contributed by atoms with van der Waals surface area (Å²) in [6.07, 6.45) is 1.36. The van der Waals surface area contributed by atoms with Gasteiger partial charge in [-0.05, 0) is 26.0 Å². The summed E-state index contributed by atoms with van der Waals surface area (Å²) in [4.78, 5) is 19.7. The van der Waals surface area contributed by atoms with Crippen molar-refractivity contribution in [3.8, 4) is 11.8 Å². The minimum atomic E-state index is -0.469. The Hall–Kier alpha value is -2.34. The van der Waals surface area contributed by atoms with E-state index >= 15 is 0 Å². The standard InChI is InChI=1S/C14H14ClN3O3/c1-3-20-13(19)10-7-17-14(18-8(10)2)21-12-6-9(16)4-5-11(12)15/h4-7H,3,16H2,1-2H3. The molecule has 0 aliphatic carbocycles. The molecule has 110 valence electrons. The van der Waals surface area contributed by atoms with Crippen LogP contribution < -0.4 is 10.5 Å². The Morgan fingerprint density at radius 2 is 2.19 bits per heavy atom. The maximum atomic E-state index is 11.7. The van der Waals surface area contributed by atoms with Gasteiger partial charge in [0.25, 0.3) is 0 Å². The summed E-state index contributed by atoms with van der Waals surface area (Å²) in [6.45, 7) is 3.69. The number of rotatable bonds is 4. The molecule has 0 saturated heterocycles. The van der Waals surface area contributed by atoms with Gasteiger partial charge >= 0.3 is 12.0 Å². The largest absolute Gasteiger partial charge is 0.462 e. The summed E-state index contributed by atoms with van der Waals surface area (Å²) >= 11 is 6.00. The molecule has 0 spiro atoms. The van der Waals surface area contributed by atoms with Crippen LogP contribution in [-0.4, -0.2) is 22.5 Å². The van der Waals surface area contributed by atoms with Gasteiger partial charge in [0, 0.05) is 18.0 Å². The van der Waals surface area contributed by atoms with E-state index in [0.29, 0.717) is 27.7 Å². The lowest BCUT2D eigenvalue weighted by Gasteiger charge is -2.09. The highest BCUT2D eigenvalue weighted by Crippen LogP contribution is 2.29. The Balaban J connectivity index is 2.24. The van der Waals surface area contributed by atoms with Gasteiger partial charge in [0.05, 0.1) is 22.9 Å². The van der Waals surface area contributed by atoms with E-state index in [9.17, 15) is 4.79 Å². The van der Waals surface area contributed by atoms with Crippen LogP contribution in [0.1, 0.15) is 23.0 Å². The van der Waals surface area contributed by atoms with Gasteiger partial charge in [-0.25, -0.2) is 9.78 Å². The number of carbonyl (C=O) groups is 1. The maximum Gasteiger partial charge on any atom is 0.341 e. The molecule has 0 atom stereocenters. The maximum absolute atomic E-state index is 11.7. The van der Waals surface area contributed by atoms with E-state index in [1.807, 2.05) is 0 Å². The van der Waals surface area contributed by atoms with Gasteiger partial charge in [0.15, 0.2) is 5.75 Å². The number of aromatic nitrogens is 2. The van der Waals surface area contributed by atoms with Crippen molar-refractivity contribution >= 4 is 23.3 Å². The first-order chi connectivity index (χ1) is 10.0. The second-order valence-electron chi connectivity index (χ2n) is 4.16. The molecule has 0 radical (unpaired) electrons. The molecule has 0 saturated carbocycles. The number of nitrogens with two attached hydrogens (primary N) is 1. The molecule has 2 aromatic rings. The van der Waals surface area contributed by atoms with Crippen LogP contribution in [0.2, 0.25) is 5.02 Å². The van der Waals surface area contributed by atoms with E-state index in [-0.39, 0.29) is 12.6 Å². The molecular formula is C14H14ClN3O3. The smallest absolute Gasteiger partial charge is 0.341 e. The third-order valence-corrected chi connectivity index (χ3v) is 2.92. The number of nitrogen functional groups attached to an aromatic ring is 1. The van der Waals surface area contributed by atoms with E-state index in [0.717, 1.165) is 0 Å². The third kappa shape index (κ3) is 3.61. The van der Waals surface area contributed by atoms with Crippen LogP contribution in [0.5, 0.6) is 11.8 Å². The summed E-state index contributed by atoms with van der Waals surface area (Å²) < 4.78 is 10.4. The van der Waals surface area contributed by atoms with Gasteiger partial charge in [-0.1, -0.05) is 11.6 Å². The Morgan fingerprint density at radius 1 is 1.43 bits per heavy atom. The van der Waals surface area contributed by atoms with Crippen LogP contribution in [-0.2, 0) is 4.74 Å². The predicted octanol–water partition coefficient (Wildman–Crippen LogP) is 2.99. The molecule has 6 nitrogen and oxygen atoms in total. The lowest BCUT2D eigenvalue weighted by molar-refractivity contribution is 0.0524. The van der Waals surface area contributed by atoms with E-state index in [1.165, 1.54) is 6.20 Å². The minimum Gasteiger partial charge on any atom is -0.462 e. The highest BCUT2D eigenvalue weighted by Gasteiger charge is 2.14. The molecule has 1 aromatic carbocycles. The Bertz CT molecular complexity index is 677. The van der Waals surface area contributed by atoms with Gasteiger partial charge in [0.1, 0.15) is 0 Å². The lowest BCUT2D eigenvalue weighted by Crippen LogP contribution is -2.09. The van der Waals surface area contributed by atoms with Crippen molar-refractivity contribution in [1.82, 2.24) is 9.97 Å². The number of halogens is 1. The van der Waals surface area contributed by atoms with E-state index in [2.05, 4.69) is 9.97 Å². The van der Waals surface area contributed by atoms with Gasteiger partial charge < -0.3 is 15.2 Å². The number of hydrogen-bond donors (Lipinski definition) is 1. The first-order valence-corrected chi connectivity index (χ1v) is 6.62. The first-order valence-electron chi connectivity index (χ1n) is 6.25. The topological polar surface area (TPSA) is 87.3 Å². The second-order valence-corrected chi connectivity index (χ2v) is 4.57. The first kappa shape index (κ1) is 15.1. The van der Waals surface area contributed by atoms with Gasteiger partial charge in [0.2, 0.25) is 0 Å². The van der Waals surface area contributed by atoms with Crippen molar-refractivity contribution in [3.63, 3.8) is 0 Å². The molecular weight excluding hydrogens is 294 g/mol. The van der Waals surface area contributed by atoms with Crippen molar-refractivity contribution in [3.05, 3.63) is 40.7 Å². The van der Waals surface area contributed by atoms with Gasteiger partial charge in [-0.15, -0.1) is 0 Å². The Kier molecular flexibility index (Phi) is 4.59. The normalized spacial score (nSPS) is 10.2. The van der Waals surface area contributed by atoms with Crippen LogP contribution in [0.3, 0.4) is 0 Å². The molecule has 2 rings (SSSR count). The number of aryl methyl sites for hydroxylation is 1. The van der Waals surface area contributed by atoms with Crippen molar-refractivity contribution in [2.24, 2.45) is 0 Å². The fourth-order valence-electron chi connectivity index (χ4n) is 1.60. The van der Waals surface area contributed by atoms with E-state index in [1.54, 1.807) is 32.0 Å². The zero-order chi connectivity index (χ0) is 15.4. The van der Waals surface area contributed by atoms with Crippen molar-refractivity contribution < 1.29 is 14.3 Å². The van der Waals surface area contributed by atoms with Crippen LogP contribution in [0.25, 0.3) is 0 Å². The monoisotopic (exact) mass is 307 g/mol. The fourth-order valence-corrected chi connectivity index (χ4v) is 1.76.